The molecule has 0 aliphatic carbocycles. The summed E-state index contributed by atoms with van der Waals surface area (Å²) in [7, 11) is 0. The fourth-order valence-corrected chi connectivity index (χ4v) is 1.44. The number of benzene rings is 1. The highest BCUT2D eigenvalue weighted by Gasteiger charge is 2.31. The summed E-state index contributed by atoms with van der Waals surface area (Å²) in [6, 6.07) is 6.34. The van der Waals surface area contributed by atoms with E-state index >= 15 is 0 Å². The third-order valence-corrected chi connectivity index (χ3v) is 2.61. The lowest BCUT2D eigenvalue weighted by molar-refractivity contribution is -0.148. The largest absolute Gasteiger partial charge is 0.465 e. The van der Waals surface area contributed by atoms with E-state index in [1.807, 2.05) is 0 Å². The summed E-state index contributed by atoms with van der Waals surface area (Å²) in [6.07, 6.45) is 0. The Labute approximate surface area is 100 Å². The summed E-state index contributed by atoms with van der Waals surface area (Å²) in [6.45, 7) is 5.61. The zero-order valence-corrected chi connectivity index (χ0v) is 10.2. The van der Waals surface area contributed by atoms with E-state index in [2.05, 4.69) is 0 Å². The van der Waals surface area contributed by atoms with Crippen LogP contribution in [0.15, 0.2) is 24.3 Å². The van der Waals surface area contributed by atoms with Gasteiger partial charge in [-0.05, 0) is 38.5 Å². The van der Waals surface area contributed by atoms with Gasteiger partial charge in [0, 0.05) is 0 Å². The summed E-state index contributed by atoms with van der Waals surface area (Å²) in [5.41, 5.74) is 0.222. The molecule has 0 aromatic heterocycles. The first-order chi connectivity index (χ1) is 7.89. The Hall–Kier alpha value is -1.59. The molecule has 2 N–H and O–H groups in total. The van der Waals surface area contributed by atoms with Crippen molar-refractivity contribution in [2.45, 2.75) is 26.2 Å². The molecule has 0 aliphatic rings. The lowest BCUT2D eigenvalue weighted by Crippen LogP contribution is -2.31. The number of carbonyl (C=O) groups excluding carboxylic acids is 1. The van der Waals surface area contributed by atoms with Crippen LogP contribution in [0.25, 0.3) is 0 Å². The fourth-order valence-electron chi connectivity index (χ4n) is 1.44. The molecule has 1 aromatic carbocycles. The number of anilines is 1. The maximum atomic E-state index is 11.8. The van der Waals surface area contributed by atoms with Crippen LogP contribution < -0.4 is 5.23 Å². The quantitative estimate of drug-likeness (QED) is 0.622. The van der Waals surface area contributed by atoms with Crippen LogP contribution in [0.4, 0.5) is 5.69 Å². The highest BCUT2D eigenvalue weighted by molar-refractivity contribution is 5.82. The normalized spacial score (nSPS) is 11.1. The Kier molecular flexibility index (Phi) is 4.09. The maximum Gasteiger partial charge on any atom is 0.315 e. The van der Waals surface area contributed by atoms with Gasteiger partial charge >= 0.3 is 5.97 Å². The summed E-state index contributed by atoms with van der Waals surface area (Å²) < 4.78 is 4.99. The molecule has 0 bridgehead atoms. The predicted molar refractivity (Wildman–Crippen MR) is 62.2 cm³/mol. The van der Waals surface area contributed by atoms with Crippen LogP contribution in [0, 0.1) is 0 Å². The van der Waals surface area contributed by atoms with Crippen LogP contribution >= 0.6 is 0 Å². The Balaban J connectivity index is 2.95. The van der Waals surface area contributed by atoms with Crippen LogP contribution in [0.2, 0.25) is 0 Å². The van der Waals surface area contributed by atoms with Crippen LogP contribution in [0.1, 0.15) is 26.3 Å². The molecule has 0 fully saturated rings. The molecule has 17 heavy (non-hydrogen) atoms. The van der Waals surface area contributed by atoms with Gasteiger partial charge in [-0.15, -0.1) is 5.23 Å². The van der Waals surface area contributed by atoms with Crippen molar-refractivity contribution in [2.24, 2.45) is 0 Å². The van der Waals surface area contributed by atoms with Crippen molar-refractivity contribution in [3.8, 4) is 0 Å². The molecular formula is C12H17NO4. The van der Waals surface area contributed by atoms with E-state index in [-0.39, 0.29) is 16.9 Å². The van der Waals surface area contributed by atoms with Gasteiger partial charge in [-0.25, -0.2) is 0 Å². The highest BCUT2D eigenvalue weighted by atomic mass is 16.8. The number of rotatable bonds is 4. The minimum Gasteiger partial charge on any atom is -0.465 e. The second-order valence-corrected chi connectivity index (χ2v) is 4.18. The van der Waals surface area contributed by atoms with Crippen LogP contribution in [0.3, 0.4) is 0 Å². The van der Waals surface area contributed by atoms with Gasteiger partial charge in [-0.2, -0.15) is 0 Å². The fraction of sp³-hybridized carbons (Fsp3) is 0.417. The molecule has 0 aliphatic heterocycles. The monoisotopic (exact) mass is 239 g/mol. The van der Waals surface area contributed by atoms with Crippen LogP contribution in [-0.4, -0.2) is 23.0 Å². The van der Waals surface area contributed by atoms with E-state index in [0.717, 1.165) is 5.56 Å². The third-order valence-electron chi connectivity index (χ3n) is 2.61. The minimum absolute atomic E-state index is 0.0289. The van der Waals surface area contributed by atoms with E-state index in [9.17, 15) is 4.79 Å². The Morgan fingerprint density at radius 3 is 2.24 bits per heavy atom. The smallest absolute Gasteiger partial charge is 0.315 e. The first-order valence-electron chi connectivity index (χ1n) is 5.35. The third kappa shape index (κ3) is 2.95. The highest BCUT2D eigenvalue weighted by Crippen LogP contribution is 2.26. The zero-order chi connectivity index (χ0) is 13.1. The van der Waals surface area contributed by atoms with E-state index in [0.29, 0.717) is 6.61 Å². The lowest BCUT2D eigenvalue weighted by atomic mass is 9.85. The van der Waals surface area contributed by atoms with Crippen LogP contribution in [-0.2, 0) is 14.9 Å². The van der Waals surface area contributed by atoms with Gasteiger partial charge < -0.3 is 4.74 Å². The van der Waals surface area contributed by atoms with Gasteiger partial charge in [0.15, 0.2) is 0 Å². The van der Waals surface area contributed by atoms with Gasteiger partial charge in [-0.3, -0.25) is 15.2 Å². The molecular weight excluding hydrogens is 222 g/mol. The number of esters is 1. The molecule has 0 amide bonds. The Bertz CT molecular complexity index is 384. The molecule has 0 saturated carbocycles. The summed E-state index contributed by atoms with van der Waals surface area (Å²) >= 11 is 0. The molecule has 0 unspecified atom stereocenters. The molecule has 0 atom stereocenters. The molecule has 0 saturated heterocycles. The second kappa shape index (κ2) is 5.16. The molecule has 1 rings (SSSR count). The molecule has 5 nitrogen and oxygen atoms in total. The van der Waals surface area contributed by atoms with Crippen molar-refractivity contribution >= 4 is 11.7 Å². The van der Waals surface area contributed by atoms with Crippen molar-refractivity contribution in [3.63, 3.8) is 0 Å². The average molecular weight is 239 g/mol. The topological polar surface area (TPSA) is 70.0 Å². The molecule has 1 aromatic rings. The number of ether oxygens (including phenoxy) is 1. The molecule has 0 spiro atoms. The first kappa shape index (κ1) is 13.5. The summed E-state index contributed by atoms with van der Waals surface area (Å²) in [4.78, 5) is 11.8. The number of carbonyl (C=O) groups is 1. The predicted octanol–water partition coefficient (Wildman–Crippen LogP) is 2.11. The van der Waals surface area contributed by atoms with Crippen molar-refractivity contribution < 1.29 is 19.9 Å². The first-order valence-corrected chi connectivity index (χ1v) is 5.35. The summed E-state index contributed by atoms with van der Waals surface area (Å²) in [5.74, 6) is -0.308. The standard InChI is InChI=1S/C12H17NO4/c1-4-17-11(14)12(2,3)9-5-7-10(8-6-9)13(15)16/h5-8,15-16H,4H2,1-3H3. The molecule has 5 heteroatoms. The SMILES string of the molecule is CCOC(=O)C(C)(C)c1ccc(N(O)O)cc1. The van der Waals surface area contributed by atoms with E-state index < -0.39 is 5.41 Å². The summed E-state index contributed by atoms with van der Waals surface area (Å²) in [5, 5.41) is 17.6. The van der Waals surface area contributed by atoms with Gasteiger partial charge in [0.2, 0.25) is 0 Å². The van der Waals surface area contributed by atoms with Crippen molar-refractivity contribution in [1.82, 2.24) is 0 Å². The Morgan fingerprint density at radius 2 is 1.82 bits per heavy atom. The number of hydrogen-bond donors (Lipinski definition) is 2. The van der Waals surface area contributed by atoms with E-state index in [4.69, 9.17) is 15.2 Å². The minimum atomic E-state index is -0.760. The second-order valence-electron chi connectivity index (χ2n) is 4.18. The van der Waals surface area contributed by atoms with Crippen LogP contribution in [0.5, 0.6) is 0 Å². The number of nitrogens with zero attached hydrogens (tertiary/aromatic N) is 1. The molecule has 0 heterocycles. The average Bonchev–Trinajstić information content (AvgIpc) is 2.29. The maximum absolute atomic E-state index is 11.8. The van der Waals surface area contributed by atoms with Gasteiger partial charge in [-0.1, -0.05) is 12.1 Å². The van der Waals surface area contributed by atoms with Crippen molar-refractivity contribution in [2.75, 3.05) is 11.8 Å². The van der Waals surface area contributed by atoms with Gasteiger partial charge in [0.1, 0.15) is 0 Å². The van der Waals surface area contributed by atoms with Gasteiger partial charge in [0.05, 0.1) is 17.7 Å². The number of hydrogen-bond acceptors (Lipinski definition) is 5. The Morgan fingerprint density at radius 1 is 1.29 bits per heavy atom. The zero-order valence-electron chi connectivity index (χ0n) is 10.2. The van der Waals surface area contributed by atoms with Crippen molar-refractivity contribution in [3.05, 3.63) is 29.8 Å². The van der Waals surface area contributed by atoms with Gasteiger partial charge in [0.25, 0.3) is 0 Å². The molecule has 0 radical (unpaired) electrons. The van der Waals surface area contributed by atoms with E-state index in [1.54, 1.807) is 32.9 Å². The van der Waals surface area contributed by atoms with E-state index in [1.165, 1.54) is 12.1 Å². The van der Waals surface area contributed by atoms with Crippen molar-refractivity contribution in [1.29, 1.82) is 0 Å². The lowest BCUT2D eigenvalue weighted by Gasteiger charge is -2.23. The molecule has 94 valence electrons.